The maximum atomic E-state index is 5.28. The van der Waals surface area contributed by atoms with Crippen molar-refractivity contribution in [2.24, 2.45) is 0 Å². The van der Waals surface area contributed by atoms with Gasteiger partial charge in [-0.25, -0.2) is 4.68 Å². The van der Waals surface area contributed by atoms with Gasteiger partial charge in [0.2, 0.25) is 0 Å². The van der Waals surface area contributed by atoms with E-state index in [9.17, 15) is 0 Å². The summed E-state index contributed by atoms with van der Waals surface area (Å²) in [5.74, 6) is 0. The number of rotatable bonds is 3. The third-order valence-corrected chi connectivity index (χ3v) is 2.51. The second kappa shape index (κ2) is 4.40. The smallest absolute Gasteiger partial charge is 0.127 e. The number of nitrogens with zero attached hydrogens (tertiary/aromatic N) is 2. The van der Waals surface area contributed by atoms with Crippen LogP contribution >= 0.6 is 12.2 Å². The molecule has 0 aliphatic heterocycles. The highest BCUT2D eigenvalue weighted by Gasteiger charge is 2.00. The van der Waals surface area contributed by atoms with Crippen LogP contribution in [0.25, 0.3) is 5.69 Å². The van der Waals surface area contributed by atoms with Gasteiger partial charge in [-0.05, 0) is 24.6 Å². The highest BCUT2D eigenvalue weighted by atomic mass is 32.1. The molecule has 0 radical (unpaired) electrons. The van der Waals surface area contributed by atoms with Crippen molar-refractivity contribution in [3.8, 4) is 5.69 Å². The molecule has 0 unspecified atom stereocenters. The number of aromatic nitrogens is 3. The Morgan fingerprint density at radius 1 is 1.40 bits per heavy atom. The fourth-order valence-corrected chi connectivity index (χ4v) is 1.82. The Labute approximate surface area is 93.8 Å². The van der Waals surface area contributed by atoms with E-state index in [0.717, 1.165) is 23.2 Å². The molecule has 0 fully saturated rings. The molecular weight excluding hydrogens is 206 g/mol. The molecule has 0 aliphatic rings. The van der Waals surface area contributed by atoms with Gasteiger partial charge in [0.15, 0.2) is 0 Å². The largest absolute Gasteiger partial charge is 0.297 e. The quantitative estimate of drug-likeness (QED) is 0.805. The van der Waals surface area contributed by atoms with Gasteiger partial charge in [-0.15, -0.1) is 0 Å². The van der Waals surface area contributed by atoms with Crippen LogP contribution in [0.15, 0.2) is 30.6 Å². The van der Waals surface area contributed by atoms with E-state index in [0.29, 0.717) is 0 Å². The van der Waals surface area contributed by atoms with Gasteiger partial charge in [-0.1, -0.05) is 25.6 Å². The van der Waals surface area contributed by atoms with E-state index in [1.807, 2.05) is 22.9 Å². The topological polar surface area (TPSA) is 33.6 Å². The SMILES string of the molecule is CCCc1cc(=S)n(-c2ccncc2)[nH]1. The Hall–Kier alpha value is -1.42. The standard InChI is InChI=1S/C11H13N3S/c1-2-3-9-8-11(15)14(13-9)10-4-6-12-7-5-10/h4-8,13H,2-3H2,1H3. The third kappa shape index (κ3) is 2.15. The van der Waals surface area contributed by atoms with Crippen LogP contribution in [-0.4, -0.2) is 14.8 Å². The first-order valence-corrected chi connectivity index (χ1v) is 5.43. The van der Waals surface area contributed by atoms with Crippen molar-refractivity contribution in [3.05, 3.63) is 40.9 Å². The highest BCUT2D eigenvalue weighted by molar-refractivity contribution is 7.71. The summed E-state index contributed by atoms with van der Waals surface area (Å²) < 4.78 is 2.71. The van der Waals surface area contributed by atoms with E-state index < -0.39 is 0 Å². The Morgan fingerprint density at radius 3 is 2.80 bits per heavy atom. The van der Waals surface area contributed by atoms with Crippen molar-refractivity contribution in [3.63, 3.8) is 0 Å². The third-order valence-electron chi connectivity index (χ3n) is 2.21. The first kappa shape index (κ1) is 10.1. The summed E-state index contributed by atoms with van der Waals surface area (Å²) >= 11 is 5.28. The van der Waals surface area contributed by atoms with Gasteiger partial charge in [0.05, 0.1) is 5.69 Å². The van der Waals surface area contributed by atoms with Gasteiger partial charge in [-0.3, -0.25) is 10.1 Å². The summed E-state index contributed by atoms with van der Waals surface area (Å²) in [6.45, 7) is 2.15. The van der Waals surface area contributed by atoms with Crippen molar-refractivity contribution < 1.29 is 0 Å². The lowest BCUT2D eigenvalue weighted by Crippen LogP contribution is -1.97. The minimum atomic E-state index is 0.810. The normalized spacial score (nSPS) is 10.5. The molecule has 2 heterocycles. The van der Waals surface area contributed by atoms with Crippen LogP contribution in [0, 0.1) is 4.64 Å². The second-order valence-electron chi connectivity index (χ2n) is 3.41. The minimum Gasteiger partial charge on any atom is -0.297 e. The molecule has 3 nitrogen and oxygen atoms in total. The molecule has 15 heavy (non-hydrogen) atoms. The predicted molar refractivity (Wildman–Crippen MR) is 62.7 cm³/mol. The zero-order valence-corrected chi connectivity index (χ0v) is 9.42. The Balaban J connectivity index is 2.41. The first-order valence-electron chi connectivity index (χ1n) is 5.02. The lowest BCUT2D eigenvalue weighted by atomic mass is 10.3. The van der Waals surface area contributed by atoms with Crippen LogP contribution in [0.3, 0.4) is 0 Å². The molecule has 2 rings (SSSR count). The Morgan fingerprint density at radius 2 is 2.13 bits per heavy atom. The number of hydrogen-bond acceptors (Lipinski definition) is 2. The first-order chi connectivity index (χ1) is 7.31. The van der Waals surface area contributed by atoms with E-state index in [2.05, 4.69) is 17.0 Å². The van der Waals surface area contributed by atoms with Crippen molar-refractivity contribution in [1.82, 2.24) is 14.8 Å². The average molecular weight is 219 g/mol. The average Bonchev–Trinajstić information content (AvgIpc) is 2.61. The number of pyridine rings is 1. The molecular formula is C11H13N3S. The van der Waals surface area contributed by atoms with E-state index in [1.54, 1.807) is 12.4 Å². The summed E-state index contributed by atoms with van der Waals surface area (Å²) in [6, 6.07) is 5.88. The van der Waals surface area contributed by atoms with Crippen LogP contribution in [0.2, 0.25) is 0 Å². The number of H-pyrrole nitrogens is 1. The molecule has 2 aromatic rings. The van der Waals surface area contributed by atoms with Gasteiger partial charge >= 0.3 is 0 Å². The number of hydrogen-bond donors (Lipinski definition) is 1. The molecule has 2 aromatic heterocycles. The van der Waals surface area contributed by atoms with E-state index in [4.69, 9.17) is 12.2 Å². The monoisotopic (exact) mass is 219 g/mol. The molecule has 0 saturated heterocycles. The lowest BCUT2D eigenvalue weighted by molar-refractivity contribution is 0.801. The molecule has 0 saturated carbocycles. The van der Waals surface area contributed by atoms with Gasteiger partial charge in [0.25, 0.3) is 0 Å². The van der Waals surface area contributed by atoms with Crippen molar-refractivity contribution in [2.45, 2.75) is 19.8 Å². The van der Waals surface area contributed by atoms with E-state index in [1.165, 1.54) is 5.69 Å². The molecule has 0 aromatic carbocycles. The van der Waals surface area contributed by atoms with Gasteiger partial charge in [0, 0.05) is 18.1 Å². The molecule has 4 heteroatoms. The molecule has 0 spiro atoms. The van der Waals surface area contributed by atoms with Crippen molar-refractivity contribution in [2.75, 3.05) is 0 Å². The summed E-state index contributed by atoms with van der Waals surface area (Å²) in [6.07, 6.45) is 5.67. The highest BCUT2D eigenvalue weighted by Crippen LogP contribution is 2.09. The van der Waals surface area contributed by atoms with Gasteiger partial charge in [0.1, 0.15) is 4.64 Å². The van der Waals surface area contributed by atoms with Crippen molar-refractivity contribution >= 4 is 12.2 Å². The molecule has 0 aliphatic carbocycles. The van der Waals surface area contributed by atoms with Crippen LogP contribution in [0.5, 0.6) is 0 Å². The summed E-state index contributed by atoms with van der Waals surface area (Å²) in [5.41, 5.74) is 2.21. The summed E-state index contributed by atoms with van der Waals surface area (Å²) in [4.78, 5) is 3.98. The zero-order chi connectivity index (χ0) is 10.7. The van der Waals surface area contributed by atoms with E-state index >= 15 is 0 Å². The van der Waals surface area contributed by atoms with Crippen molar-refractivity contribution in [1.29, 1.82) is 0 Å². The maximum absolute atomic E-state index is 5.28. The zero-order valence-electron chi connectivity index (χ0n) is 8.60. The number of aryl methyl sites for hydroxylation is 1. The molecule has 1 N–H and O–H groups in total. The summed E-state index contributed by atoms with van der Waals surface area (Å²) in [7, 11) is 0. The molecule has 78 valence electrons. The number of nitrogens with one attached hydrogen (secondary N) is 1. The van der Waals surface area contributed by atoms with Crippen LogP contribution in [-0.2, 0) is 6.42 Å². The molecule has 0 amide bonds. The second-order valence-corrected chi connectivity index (χ2v) is 3.83. The number of aromatic amines is 1. The predicted octanol–water partition coefficient (Wildman–Crippen LogP) is 2.88. The van der Waals surface area contributed by atoms with Crippen LogP contribution in [0.1, 0.15) is 19.0 Å². The Kier molecular flexibility index (Phi) is 2.97. The fourth-order valence-electron chi connectivity index (χ4n) is 1.53. The minimum absolute atomic E-state index is 0.810. The molecule has 0 bridgehead atoms. The van der Waals surface area contributed by atoms with Crippen LogP contribution < -0.4 is 0 Å². The Bertz CT molecular complexity index is 484. The van der Waals surface area contributed by atoms with Gasteiger partial charge < -0.3 is 0 Å². The lowest BCUT2D eigenvalue weighted by Gasteiger charge is -2.01. The maximum Gasteiger partial charge on any atom is 0.127 e. The summed E-state index contributed by atoms with van der Waals surface area (Å²) in [5, 5.41) is 3.28. The fraction of sp³-hybridized carbons (Fsp3) is 0.273. The van der Waals surface area contributed by atoms with Crippen LogP contribution in [0.4, 0.5) is 0 Å². The van der Waals surface area contributed by atoms with E-state index in [-0.39, 0.29) is 0 Å². The van der Waals surface area contributed by atoms with Gasteiger partial charge in [-0.2, -0.15) is 0 Å². The molecule has 0 atom stereocenters.